The molecule has 3 rings (SSSR count). The number of piperidine rings is 1. The summed E-state index contributed by atoms with van der Waals surface area (Å²) >= 11 is 8.26. The molecule has 2 aromatic carbocycles. The molecular formula is C19H22ClF2IN4O2S. The standard InChI is InChI=1S/C19H22ClF2IN4O2S/c1-24-10-12-3-2-8-27(11-12)30(28,29)26-17-7-5-15(21)18(22)19(17)25-16-6-4-13(23)9-14(16)20/h4-7,9,12,24-26H,2-3,8,10-11H2,1H3. The molecule has 1 heterocycles. The molecule has 0 saturated carbocycles. The van der Waals surface area contributed by atoms with Crippen LogP contribution >= 0.6 is 34.2 Å². The molecule has 0 aromatic heterocycles. The van der Waals surface area contributed by atoms with Gasteiger partial charge in [-0.3, -0.25) is 4.72 Å². The van der Waals surface area contributed by atoms with E-state index in [4.69, 9.17) is 11.6 Å². The topological polar surface area (TPSA) is 73.5 Å². The largest absolute Gasteiger partial charge is 0.350 e. The molecule has 30 heavy (non-hydrogen) atoms. The SMILES string of the molecule is CNCC1CCCN(S(=O)(=O)Nc2ccc(F)c(F)c2Nc2ccc(I)cc2Cl)C1. The number of hydrogen-bond acceptors (Lipinski definition) is 4. The lowest BCUT2D eigenvalue weighted by Gasteiger charge is -2.32. The monoisotopic (exact) mass is 570 g/mol. The third kappa shape index (κ3) is 5.52. The van der Waals surface area contributed by atoms with Gasteiger partial charge < -0.3 is 10.6 Å². The summed E-state index contributed by atoms with van der Waals surface area (Å²) in [7, 11) is -2.14. The number of benzene rings is 2. The van der Waals surface area contributed by atoms with E-state index in [-0.39, 0.29) is 17.3 Å². The van der Waals surface area contributed by atoms with Crippen molar-refractivity contribution in [1.29, 1.82) is 0 Å². The van der Waals surface area contributed by atoms with Crippen LogP contribution in [0.3, 0.4) is 0 Å². The maximum Gasteiger partial charge on any atom is 0.301 e. The predicted molar refractivity (Wildman–Crippen MR) is 125 cm³/mol. The van der Waals surface area contributed by atoms with Crippen LogP contribution in [0.2, 0.25) is 5.02 Å². The molecule has 0 aliphatic carbocycles. The molecule has 1 aliphatic rings. The predicted octanol–water partition coefficient (Wildman–Crippen LogP) is 4.55. The van der Waals surface area contributed by atoms with Gasteiger partial charge in [0, 0.05) is 16.7 Å². The molecule has 0 bridgehead atoms. The first kappa shape index (κ1) is 23.5. The highest BCUT2D eigenvalue weighted by Gasteiger charge is 2.30. The number of hydrogen-bond donors (Lipinski definition) is 3. The molecule has 6 nitrogen and oxygen atoms in total. The fourth-order valence-corrected chi connectivity index (χ4v) is 5.64. The summed E-state index contributed by atoms with van der Waals surface area (Å²) in [6.45, 7) is 1.42. The van der Waals surface area contributed by atoms with Gasteiger partial charge in [0.1, 0.15) is 5.69 Å². The lowest BCUT2D eigenvalue weighted by molar-refractivity contribution is 0.264. The summed E-state index contributed by atoms with van der Waals surface area (Å²) in [6.07, 6.45) is 1.66. The van der Waals surface area contributed by atoms with E-state index in [1.54, 1.807) is 18.2 Å². The smallest absolute Gasteiger partial charge is 0.301 e. The van der Waals surface area contributed by atoms with Gasteiger partial charge in [-0.05, 0) is 85.3 Å². The van der Waals surface area contributed by atoms with Gasteiger partial charge in [-0.25, -0.2) is 8.78 Å². The maximum absolute atomic E-state index is 14.6. The maximum atomic E-state index is 14.6. The molecule has 1 saturated heterocycles. The molecule has 0 radical (unpaired) electrons. The molecule has 0 spiro atoms. The van der Waals surface area contributed by atoms with Crippen LogP contribution in [0.4, 0.5) is 25.8 Å². The number of anilines is 3. The molecule has 1 atom stereocenters. The minimum Gasteiger partial charge on any atom is -0.350 e. The molecule has 1 aliphatic heterocycles. The Hall–Kier alpha value is -1.21. The average molecular weight is 571 g/mol. The van der Waals surface area contributed by atoms with Crippen molar-refractivity contribution in [3.8, 4) is 0 Å². The number of rotatable bonds is 7. The van der Waals surface area contributed by atoms with Gasteiger partial charge in [-0.1, -0.05) is 11.6 Å². The van der Waals surface area contributed by atoms with Crippen molar-refractivity contribution in [3.05, 3.63) is 50.6 Å². The number of halogens is 4. The van der Waals surface area contributed by atoms with Gasteiger partial charge in [0.15, 0.2) is 11.6 Å². The lowest BCUT2D eigenvalue weighted by atomic mass is 10.00. The minimum absolute atomic E-state index is 0.0979. The van der Waals surface area contributed by atoms with E-state index in [0.717, 1.165) is 22.5 Å². The average Bonchev–Trinajstić information content (AvgIpc) is 2.69. The molecule has 164 valence electrons. The molecule has 11 heteroatoms. The quantitative estimate of drug-likeness (QED) is 0.427. The van der Waals surface area contributed by atoms with Crippen LogP contribution in [-0.2, 0) is 10.2 Å². The Labute approximate surface area is 193 Å². The third-order valence-electron chi connectivity index (χ3n) is 4.84. The Kier molecular flexibility index (Phi) is 7.77. The zero-order valence-corrected chi connectivity index (χ0v) is 19.9. The van der Waals surface area contributed by atoms with Crippen LogP contribution in [0.15, 0.2) is 30.3 Å². The summed E-state index contributed by atoms with van der Waals surface area (Å²) in [6, 6.07) is 7.08. The summed E-state index contributed by atoms with van der Waals surface area (Å²) in [5.41, 5.74) is -0.0983. The first-order valence-corrected chi connectivity index (χ1v) is 12.2. The molecular weight excluding hydrogens is 549 g/mol. The summed E-state index contributed by atoms with van der Waals surface area (Å²) in [5, 5.41) is 6.08. The first-order chi connectivity index (χ1) is 14.2. The summed E-state index contributed by atoms with van der Waals surface area (Å²) < 4.78 is 59.0. The van der Waals surface area contributed by atoms with E-state index in [1.165, 1.54) is 10.4 Å². The first-order valence-electron chi connectivity index (χ1n) is 9.34. The van der Waals surface area contributed by atoms with Crippen molar-refractivity contribution in [1.82, 2.24) is 9.62 Å². The summed E-state index contributed by atoms with van der Waals surface area (Å²) in [5.74, 6) is -2.11. The zero-order chi connectivity index (χ0) is 21.9. The van der Waals surface area contributed by atoms with E-state index in [0.29, 0.717) is 30.3 Å². The van der Waals surface area contributed by atoms with Gasteiger partial charge in [0.05, 0.1) is 16.4 Å². The molecule has 2 aromatic rings. The van der Waals surface area contributed by atoms with Gasteiger partial charge >= 0.3 is 10.2 Å². The fourth-order valence-electron chi connectivity index (χ4n) is 3.39. The Morgan fingerprint density at radius 1 is 1.23 bits per heavy atom. The van der Waals surface area contributed by atoms with E-state index in [9.17, 15) is 17.2 Å². The van der Waals surface area contributed by atoms with E-state index < -0.39 is 21.8 Å². The highest BCUT2D eigenvalue weighted by molar-refractivity contribution is 14.1. The number of nitrogens with zero attached hydrogens (tertiary/aromatic N) is 1. The Balaban J connectivity index is 1.89. The Morgan fingerprint density at radius 2 is 1.97 bits per heavy atom. The second-order valence-corrected chi connectivity index (χ2v) is 10.4. The van der Waals surface area contributed by atoms with Crippen molar-refractivity contribution in [3.63, 3.8) is 0 Å². The molecule has 0 amide bonds. The van der Waals surface area contributed by atoms with Gasteiger partial charge in [0.2, 0.25) is 0 Å². The van der Waals surface area contributed by atoms with E-state index in [1.807, 2.05) is 7.05 Å². The van der Waals surface area contributed by atoms with E-state index >= 15 is 0 Å². The highest BCUT2D eigenvalue weighted by atomic mass is 127. The zero-order valence-electron chi connectivity index (χ0n) is 16.2. The molecule has 3 N–H and O–H groups in total. The second-order valence-electron chi connectivity index (χ2n) is 7.06. The third-order valence-corrected chi connectivity index (χ3v) is 7.31. The van der Waals surface area contributed by atoms with Crippen molar-refractivity contribution < 1.29 is 17.2 Å². The van der Waals surface area contributed by atoms with Crippen LogP contribution in [-0.4, -0.2) is 39.4 Å². The van der Waals surface area contributed by atoms with Crippen LogP contribution in [0.25, 0.3) is 0 Å². The summed E-state index contributed by atoms with van der Waals surface area (Å²) in [4.78, 5) is 0. The van der Waals surface area contributed by atoms with Crippen LogP contribution in [0, 0.1) is 21.1 Å². The van der Waals surface area contributed by atoms with Crippen LogP contribution in [0.5, 0.6) is 0 Å². The van der Waals surface area contributed by atoms with Gasteiger partial charge in [-0.15, -0.1) is 0 Å². The van der Waals surface area contributed by atoms with Crippen molar-refractivity contribution in [2.75, 3.05) is 36.7 Å². The van der Waals surface area contributed by atoms with Crippen molar-refractivity contribution >= 4 is 61.5 Å². The Bertz CT molecular complexity index is 1020. The Morgan fingerprint density at radius 3 is 2.67 bits per heavy atom. The highest BCUT2D eigenvalue weighted by Crippen LogP contribution is 2.34. The van der Waals surface area contributed by atoms with Gasteiger partial charge in [-0.2, -0.15) is 12.7 Å². The van der Waals surface area contributed by atoms with Crippen LogP contribution in [0.1, 0.15) is 12.8 Å². The lowest BCUT2D eigenvalue weighted by Crippen LogP contribution is -2.44. The molecule has 1 unspecified atom stereocenters. The van der Waals surface area contributed by atoms with Crippen molar-refractivity contribution in [2.45, 2.75) is 12.8 Å². The van der Waals surface area contributed by atoms with Crippen molar-refractivity contribution in [2.24, 2.45) is 5.92 Å². The fraction of sp³-hybridized carbons (Fsp3) is 0.368. The minimum atomic E-state index is -3.96. The normalized spacial score (nSPS) is 17.7. The van der Waals surface area contributed by atoms with E-state index in [2.05, 4.69) is 37.9 Å². The number of nitrogens with one attached hydrogen (secondary N) is 3. The van der Waals surface area contributed by atoms with Crippen LogP contribution < -0.4 is 15.4 Å². The molecule has 1 fully saturated rings. The van der Waals surface area contributed by atoms with Gasteiger partial charge in [0.25, 0.3) is 0 Å². The second kappa shape index (κ2) is 9.94.